The molecule has 188 valence electrons. The van der Waals surface area contributed by atoms with Crippen molar-refractivity contribution in [3.63, 3.8) is 0 Å². The van der Waals surface area contributed by atoms with Crippen LogP contribution in [0, 0.1) is 0 Å². The molecule has 3 aromatic rings. The molecule has 8 nitrogen and oxygen atoms in total. The number of halogens is 3. The summed E-state index contributed by atoms with van der Waals surface area (Å²) in [5.74, 6) is 0.530. The number of nitrogens with zero attached hydrogens (tertiary/aromatic N) is 3. The lowest BCUT2D eigenvalue weighted by molar-refractivity contribution is -0.275. The zero-order valence-electron chi connectivity index (χ0n) is 19.2. The summed E-state index contributed by atoms with van der Waals surface area (Å²) >= 11 is 0. The van der Waals surface area contributed by atoms with Crippen molar-refractivity contribution in [3.8, 4) is 5.75 Å². The van der Waals surface area contributed by atoms with Gasteiger partial charge < -0.3 is 15.0 Å². The van der Waals surface area contributed by atoms with E-state index in [9.17, 15) is 21.6 Å². The predicted molar refractivity (Wildman–Crippen MR) is 127 cm³/mol. The maximum Gasteiger partial charge on any atom is 0.573 e. The molecule has 1 aliphatic carbocycles. The Kier molecular flexibility index (Phi) is 7.04. The quantitative estimate of drug-likeness (QED) is 0.490. The summed E-state index contributed by atoms with van der Waals surface area (Å²) in [4.78, 5) is 10.6. The topological polar surface area (TPSA) is 96.5 Å². The Labute approximate surface area is 201 Å². The van der Waals surface area contributed by atoms with Crippen LogP contribution in [0.1, 0.15) is 25.7 Å². The molecule has 2 N–H and O–H groups in total. The molecule has 0 spiro atoms. The fourth-order valence-corrected chi connectivity index (χ4v) is 5.60. The van der Waals surface area contributed by atoms with Gasteiger partial charge in [-0.15, -0.1) is 13.2 Å². The molecule has 1 fully saturated rings. The Balaban J connectivity index is 1.41. The van der Waals surface area contributed by atoms with E-state index in [0.717, 1.165) is 28.9 Å². The Morgan fingerprint density at radius 2 is 1.57 bits per heavy atom. The molecule has 0 radical (unpaired) electrons. The smallest absolute Gasteiger partial charge is 0.404 e. The van der Waals surface area contributed by atoms with Crippen molar-refractivity contribution in [2.24, 2.45) is 0 Å². The number of fused-ring (bicyclic) bond motifs is 1. The summed E-state index contributed by atoms with van der Waals surface area (Å²) in [6.07, 6.45) is -2.70. The number of aromatic nitrogens is 2. The molecule has 1 heterocycles. The van der Waals surface area contributed by atoms with Gasteiger partial charge in [0.25, 0.3) is 0 Å². The Morgan fingerprint density at radius 1 is 0.943 bits per heavy atom. The fraction of sp³-hybridized carbons (Fsp3) is 0.391. The van der Waals surface area contributed by atoms with Gasteiger partial charge in [0.05, 0.1) is 5.52 Å². The van der Waals surface area contributed by atoms with E-state index in [0.29, 0.717) is 31.6 Å². The molecule has 1 aromatic heterocycles. The summed E-state index contributed by atoms with van der Waals surface area (Å²) < 4.78 is 70.1. The lowest BCUT2D eigenvalue weighted by atomic mass is 9.92. The van der Waals surface area contributed by atoms with Crippen molar-refractivity contribution < 1.29 is 26.3 Å². The number of rotatable bonds is 7. The third-order valence-electron chi connectivity index (χ3n) is 5.75. The van der Waals surface area contributed by atoms with E-state index < -0.39 is 33.1 Å². The van der Waals surface area contributed by atoms with Crippen molar-refractivity contribution in [1.82, 2.24) is 14.7 Å². The SMILES string of the molecule is CN(C)c1nc(NC2CCC(NS(=O)(=O)c3ccccc3OC(F)(F)F)CC2)nc2ccccc12. The summed E-state index contributed by atoms with van der Waals surface area (Å²) in [5, 5.41) is 4.29. The van der Waals surface area contributed by atoms with Crippen LogP contribution in [0.5, 0.6) is 5.75 Å². The number of nitrogens with one attached hydrogen (secondary N) is 2. The molecule has 0 unspecified atom stereocenters. The van der Waals surface area contributed by atoms with Gasteiger partial charge in [0.2, 0.25) is 16.0 Å². The standard InChI is InChI=1S/C23H26F3N5O3S/c1-31(2)21-17-7-3-4-8-18(17)28-22(29-21)27-15-11-13-16(14-12-15)30-35(32,33)20-10-6-5-9-19(20)34-23(24,25)26/h3-10,15-16,30H,11-14H2,1-2H3,(H,27,28,29). The molecule has 0 aliphatic heterocycles. The number of anilines is 2. The van der Waals surface area contributed by atoms with Crippen molar-refractivity contribution >= 4 is 32.7 Å². The normalized spacial score (nSPS) is 18.9. The van der Waals surface area contributed by atoms with Gasteiger partial charge in [-0.2, -0.15) is 4.98 Å². The van der Waals surface area contributed by atoms with Gasteiger partial charge in [0, 0.05) is 31.6 Å². The van der Waals surface area contributed by atoms with Gasteiger partial charge in [0.1, 0.15) is 16.5 Å². The van der Waals surface area contributed by atoms with E-state index in [1.807, 2.05) is 43.3 Å². The van der Waals surface area contributed by atoms with E-state index in [1.54, 1.807) is 0 Å². The van der Waals surface area contributed by atoms with E-state index in [-0.39, 0.29) is 6.04 Å². The van der Waals surface area contributed by atoms with Crippen LogP contribution >= 0.6 is 0 Å². The van der Waals surface area contributed by atoms with E-state index in [1.165, 1.54) is 12.1 Å². The second-order valence-electron chi connectivity index (χ2n) is 8.59. The van der Waals surface area contributed by atoms with E-state index in [2.05, 4.69) is 24.7 Å². The highest BCUT2D eigenvalue weighted by molar-refractivity contribution is 7.89. The lowest BCUT2D eigenvalue weighted by Crippen LogP contribution is -2.40. The molecule has 1 aliphatic rings. The largest absolute Gasteiger partial charge is 0.573 e. The van der Waals surface area contributed by atoms with Gasteiger partial charge >= 0.3 is 6.36 Å². The fourth-order valence-electron chi connectivity index (χ4n) is 4.17. The van der Waals surface area contributed by atoms with Crippen LogP contribution in [0.25, 0.3) is 10.9 Å². The van der Waals surface area contributed by atoms with Crippen LogP contribution in [-0.4, -0.2) is 50.9 Å². The minimum absolute atomic E-state index is 0.0350. The third-order valence-corrected chi connectivity index (χ3v) is 7.31. The highest BCUT2D eigenvalue weighted by Gasteiger charge is 2.35. The summed E-state index contributed by atoms with van der Waals surface area (Å²) in [7, 11) is -0.383. The summed E-state index contributed by atoms with van der Waals surface area (Å²) in [6.45, 7) is 0. The molecular weight excluding hydrogens is 483 g/mol. The van der Waals surface area contributed by atoms with Crippen molar-refractivity contribution in [2.45, 2.75) is 49.0 Å². The van der Waals surface area contributed by atoms with Crippen molar-refractivity contribution in [2.75, 3.05) is 24.3 Å². The molecule has 4 rings (SSSR count). The van der Waals surface area contributed by atoms with Crippen LogP contribution in [0.3, 0.4) is 0 Å². The average molecular weight is 510 g/mol. The minimum Gasteiger partial charge on any atom is -0.404 e. The summed E-state index contributed by atoms with van der Waals surface area (Å²) in [6, 6.07) is 12.1. The molecule has 0 amide bonds. The predicted octanol–water partition coefficient (Wildman–Crippen LogP) is 4.30. The minimum atomic E-state index is -4.99. The molecule has 0 bridgehead atoms. The highest BCUT2D eigenvalue weighted by Crippen LogP contribution is 2.31. The van der Waals surface area contributed by atoms with Gasteiger partial charge in [-0.1, -0.05) is 24.3 Å². The Morgan fingerprint density at radius 3 is 2.26 bits per heavy atom. The maximum atomic E-state index is 12.8. The zero-order chi connectivity index (χ0) is 25.2. The molecule has 12 heteroatoms. The van der Waals surface area contributed by atoms with Crippen LogP contribution in [0.15, 0.2) is 53.4 Å². The van der Waals surface area contributed by atoms with Crippen LogP contribution in [0.2, 0.25) is 0 Å². The Hall–Kier alpha value is -3.12. The number of hydrogen-bond acceptors (Lipinski definition) is 7. The molecule has 1 saturated carbocycles. The first kappa shape index (κ1) is 25.0. The first-order valence-corrected chi connectivity index (χ1v) is 12.6. The third kappa shape index (κ3) is 6.12. The summed E-state index contributed by atoms with van der Waals surface area (Å²) in [5.41, 5.74) is 0.815. The highest BCUT2D eigenvalue weighted by atomic mass is 32.2. The molecule has 0 atom stereocenters. The maximum absolute atomic E-state index is 12.8. The second-order valence-corrected chi connectivity index (χ2v) is 10.3. The van der Waals surface area contributed by atoms with E-state index in [4.69, 9.17) is 0 Å². The van der Waals surface area contributed by atoms with E-state index >= 15 is 0 Å². The molecule has 35 heavy (non-hydrogen) atoms. The van der Waals surface area contributed by atoms with Gasteiger partial charge in [-0.3, -0.25) is 0 Å². The van der Waals surface area contributed by atoms with Crippen LogP contribution in [0.4, 0.5) is 24.9 Å². The lowest BCUT2D eigenvalue weighted by Gasteiger charge is -2.30. The number of ether oxygens (including phenoxy) is 1. The number of benzene rings is 2. The number of sulfonamides is 1. The number of hydrogen-bond donors (Lipinski definition) is 2. The molecular formula is C23H26F3N5O3S. The van der Waals surface area contributed by atoms with Crippen molar-refractivity contribution in [1.29, 1.82) is 0 Å². The van der Waals surface area contributed by atoms with Crippen molar-refractivity contribution in [3.05, 3.63) is 48.5 Å². The molecule has 2 aromatic carbocycles. The zero-order valence-corrected chi connectivity index (χ0v) is 20.0. The van der Waals surface area contributed by atoms with Crippen LogP contribution in [-0.2, 0) is 10.0 Å². The van der Waals surface area contributed by atoms with Crippen LogP contribution < -0.4 is 19.7 Å². The monoisotopic (exact) mass is 509 g/mol. The average Bonchev–Trinajstić information content (AvgIpc) is 2.79. The number of alkyl halides is 3. The number of para-hydroxylation sites is 2. The van der Waals surface area contributed by atoms with Gasteiger partial charge in [-0.05, 0) is 49.9 Å². The molecule has 0 saturated heterocycles. The van der Waals surface area contributed by atoms with Gasteiger partial charge in [0.15, 0.2) is 0 Å². The van der Waals surface area contributed by atoms with Gasteiger partial charge in [-0.25, -0.2) is 18.1 Å². The first-order valence-electron chi connectivity index (χ1n) is 11.1. The Bertz CT molecular complexity index is 1290. The first-order chi connectivity index (χ1) is 16.5. The second kappa shape index (κ2) is 9.86.